The number of amides is 2. The zero-order valence-corrected chi connectivity index (χ0v) is 9.09. The molecular formula is C6H10F2N2OSi2. The smallest absolute Gasteiger partial charge is 0.319 e. The summed E-state index contributed by atoms with van der Waals surface area (Å²) >= 11 is 0. The lowest BCUT2D eigenvalue weighted by Crippen LogP contribution is -2.51. The van der Waals surface area contributed by atoms with Crippen LogP contribution in [0.1, 0.15) is 6.42 Å². The fraction of sp³-hybridized carbons (Fsp3) is 0.833. The van der Waals surface area contributed by atoms with Gasteiger partial charge in [0.15, 0.2) is 0 Å². The minimum atomic E-state index is -0.747. The van der Waals surface area contributed by atoms with Crippen molar-refractivity contribution in [3.8, 4) is 0 Å². The lowest BCUT2D eigenvalue weighted by Gasteiger charge is -2.34. The number of nitrogens with zero attached hydrogens (tertiary/aromatic N) is 2. The molecule has 0 unspecified atom stereocenters. The van der Waals surface area contributed by atoms with Crippen LogP contribution in [0.25, 0.3) is 0 Å². The van der Waals surface area contributed by atoms with E-state index < -0.39 is 19.7 Å². The van der Waals surface area contributed by atoms with Gasteiger partial charge in [-0.15, -0.1) is 0 Å². The third kappa shape index (κ3) is 2.76. The van der Waals surface area contributed by atoms with Crippen LogP contribution in [0.4, 0.5) is 13.0 Å². The summed E-state index contributed by atoms with van der Waals surface area (Å²) in [5.41, 5.74) is 0. The Morgan fingerprint density at radius 3 is 2.00 bits per heavy atom. The molecule has 3 nitrogen and oxygen atoms in total. The number of rotatable bonds is 4. The van der Waals surface area contributed by atoms with E-state index >= 15 is 0 Å². The Kier molecular flexibility index (Phi) is 4.36. The summed E-state index contributed by atoms with van der Waals surface area (Å²) in [4.78, 5) is 14.3. The average molecular weight is 220 g/mol. The molecule has 1 saturated heterocycles. The van der Waals surface area contributed by atoms with Gasteiger partial charge in [0.05, 0.1) is 0 Å². The lowest BCUT2D eigenvalue weighted by molar-refractivity contribution is 0.145. The Hall–Kier alpha value is -0.436. The van der Waals surface area contributed by atoms with E-state index in [4.69, 9.17) is 0 Å². The minimum absolute atomic E-state index is 0.157. The summed E-state index contributed by atoms with van der Waals surface area (Å²) < 4.78 is 24.0. The Bertz CT molecular complexity index is 164. The highest BCUT2D eigenvalue weighted by Gasteiger charge is 2.25. The van der Waals surface area contributed by atoms with Crippen molar-refractivity contribution in [1.29, 1.82) is 0 Å². The zero-order chi connectivity index (χ0) is 9.68. The van der Waals surface area contributed by atoms with Crippen LogP contribution >= 0.6 is 0 Å². The molecule has 0 N–H and O–H groups in total. The molecule has 7 heteroatoms. The van der Waals surface area contributed by atoms with Crippen molar-refractivity contribution in [3.05, 3.63) is 0 Å². The molecule has 1 aliphatic rings. The zero-order valence-electron chi connectivity index (χ0n) is 7.09. The van der Waals surface area contributed by atoms with Crippen molar-refractivity contribution >= 4 is 25.7 Å². The predicted molar refractivity (Wildman–Crippen MR) is 46.9 cm³/mol. The molecule has 0 aromatic heterocycles. The first-order valence-electron chi connectivity index (χ1n) is 4.00. The number of urea groups is 1. The second kappa shape index (κ2) is 5.33. The van der Waals surface area contributed by atoms with E-state index in [0.717, 1.165) is 6.42 Å². The maximum Gasteiger partial charge on any atom is 0.319 e. The van der Waals surface area contributed by atoms with Crippen molar-refractivity contribution in [2.45, 2.75) is 6.42 Å². The third-order valence-electron chi connectivity index (χ3n) is 1.90. The number of carbonyl (C=O) groups is 1. The molecule has 1 heterocycles. The molecule has 1 fully saturated rings. The summed E-state index contributed by atoms with van der Waals surface area (Å²) in [5, 5.41) is 0. The Labute approximate surface area is 81.1 Å². The van der Waals surface area contributed by atoms with Crippen LogP contribution in [0.5, 0.6) is 0 Å². The van der Waals surface area contributed by atoms with Crippen LogP contribution in [0, 0.1) is 0 Å². The second-order valence-corrected chi connectivity index (χ2v) is 3.91. The molecular weight excluding hydrogens is 210 g/mol. The van der Waals surface area contributed by atoms with Gasteiger partial charge in [0.2, 0.25) is 0 Å². The highest BCUT2D eigenvalue weighted by molar-refractivity contribution is 6.27. The van der Waals surface area contributed by atoms with Gasteiger partial charge in [-0.05, 0) is 6.42 Å². The third-order valence-corrected chi connectivity index (χ3v) is 2.90. The van der Waals surface area contributed by atoms with Crippen molar-refractivity contribution in [2.75, 3.05) is 25.4 Å². The van der Waals surface area contributed by atoms with E-state index in [0.29, 0.717) is 13.1 Å². The quantitative estimate of drug-likeness (QED) is 0.491. The van der Waals surface area contributed by atoms with Crippen LogP contribution < -0.4 is 0 Å². The molecule has 13 heavy (non-hydrogen) atoms. The number of hydrogen-bond donors (Lipinski definition) is 0. The van der Waals surface area contributed by atoms with Crippen LogP contribution in [0.15, 0.2) is 0 Å². The van der Waals surface area contributed by atoms with E-state index in [1.165, 1.54) is 9.80 Å². The standard InChI is InChI=1S/C6H10F2N2OSi2/c7-12-4-9-2-1-3-10(5-13-8)6(9)11/h1-5H2. The number of halogens is 2. The first kappa shape index (κ1) is 10.6. The fourth-order valence-electron chi connectivity index (χ4n) is 1.28. The maximum absolute atomic E-state index is 12.0. The Balaban J connectivity index is 2.45. The van der Waals surface area contributed by atoms with Gasteiger partial charge < -0.3 is 18.0 Å². The highest BCUT2D eigenvalue weighted by atomic mass is 28.3. The Morgan fingerprint density at radius 2 is 1.62 bits per heavy atom. The van der Waals surface area contributed by atoms with Crippen LogP contribution in [-0.4, -0.2) is 61.0 Å². The Morgan fingerprint density at radius 1 is 1.15 bits per heavy atom. The van der Waals surface area contributed by atoms with Crippen molar-refractivity contribution < 1.29 is 13.0 Å². The fourth-order valence-corrected chi connectivity index (χ4v) is 2.16. The largest absolute Gasteiger partial charge is 0.325 e. The van der Waals surface area contributed by atoms with Gasteiger partial charge in [0.1, 0.15) is 0 Å². The lowest BCUT2D eigenvalue weighted by atomic mass is 10.3. The molecule has 0 aliphatic carbocycles. The molecule has 4 radical (unpaired) electrons. The molecule has 0 spiro atoms. The van der Waals surface area contributed by atoms with Crippen LogP contribution in [0.2, 0.25) is 0 Å². The summed E-state index contributed by atoms with van der Waals surface area (Å²) in [5.74, 6) is 0. The van der Waals surface area contributed by atoms with Gasteiger partial charge in [-0.1, -0.05) is 0 Å². The van der Waals surface area contributed by atoms with Crippen LogP contribution in [-0.2, 0) is 0 Å². The predicted octanol–water partition coefficient (Wildman–Crippen LogP) is 0.207. The summed E-state index contributed by atoms with van der Waals surface area (Å²) in [7, 11) is -1.49. The van der Waals surface area contributed by atoms with E-state index in [2.05, 4.69) is 0 Å². The minimum Gasteiger partial charge on any atom is -0.325 e. The molecule has 0 atom stereocenters. The first-order valence-corrected chi connectivity index (χ1v) is 6.17. The average Bonchev–Trinajstić information content (AvgIpc) is 2.13. The van der Waals surface area contributed by atoms with Crippen molar-refractivity contribution in [1.82, 2.24) is 9.80 Å². The van der Waals surface area contributed by atoms with Gasteiger partial charge in [-0.25, -0.2) is 4.79 Å². The molecule has 0 aromatic rings. The first-order chi connectivity index (χ1) is 6.29. The molecule has 0 bridgehead atoms. The van der Waals surface area contributed by atoms with Gasteiger partial charge in [0, 0.05) is 25.4 Å². The molecule has 72 valence electrons. The van der Waals surface area contributed by atoms with E-state index in [-0.39, 0.29) is 18.4 Å². The second-order valence-electron chi connectivity index (χ2n) is 2.75. The molecule has 2 amide bonds. The summed E-state index contributed by atoms with van der Waals surface area (Å²) in [6.07, 6.45) is 1.12. The van der Waals surface area contributed by atoms with E-state index in [1.54, 1.807) is 0 Å². The van der Waals surface area contributed by atoms with E-state index in [9.17, 15) is 13.0 Å². The number of carbonyl (C=O) groups excluding carboxylic acids is 1. The highest BCUT2D eigenvalue weighted by Crippen LogP contribution is 2.07. The van der Waals surface area contributed by atoms with Gasteiger partial charge >= 0.3 is 25.7 Å². The van der Waals surface area contributed by atoms with Gasteiger partial charge in [-0.3, -0.25) is 0 Å². The molecule has 1 aliphatic heterocycles. The van der Waals surface area contributed by atoms with Gasteiger partial charge in [-0.2, -0.15) is 0 Å². The maximum atomic E-state index is 12.0. The topological polar surface area (TPSA) is 23.6 Å². The van der Waals surface area contributed by atoms with E-state index in [1.807, 2.05) is 0 Å². The monoisotopic (exact) mass is 220 g/mol. The molecule has 0 aromatic carbocycles. The van der Waals surface area contributed by atoms with Gasteiger partial charge in [0.25, 0.3) is 0 Å². The van der Waals surface area contributed by atoms with Crippen molar-refractivity contribution in [2.24, 2.45) is 0 Å². The molecule has 1 rings (SSSR count). The molecule has 0 saturated carbocycles. The SMILES string of the molecule is O=C1N(C[Si]F)CCCN1C[Si]F. The number of hydrogen-bond acceptors (Lipinski definition) is 1. The van der Waals surface area contributed by atoms with Crippen LogP contribution in [0.3, 0.4) is 0 Å². The normalized spacial score (nSPS) is 18.2. The van der Waals surface area contributed by atoms with Crippen molar-refractivity contribution in [3.63, 3.8) is 0 Å². The summed E-state index contributed by atoms with van der Waals surface area (Å²) in [6, 6.07) is -0.221. The summed E-state index contributed by atoms with van der Waals surface area (Å²) in [6.45, 7) is 1.20.